The van der Waals surface area contributed by atoms with Gasteiger partial charge in [0.2, 0.25) is 5.91 Å². The van der Waals surface area contributed by atoms with E-state index in [1.54, 1.807) is 11.8 Å². The number of carbonyl (C=O) groups is 1. The zero-order chi connectivity index (χ0) is 19.9. The first-order chi connectivity index (χ1) is 13.5. The fourth-order valence-electron chi connectivity index (χ4n) is 3.65. The van der Waals surface area contributed by atoms with E-state index in [1.807, 2.05) is 20.1 Å². The number of thioether (sulfide) groups is 1. The van der Waals surface area contributed by atoms with Crippen molar-refractivity contribution in [2.45, 2.75) is 57.8 Å². The Morgan fingerprint density at radius 2 is 1.68 bits per heavy atom. The fourth-order valence-corrected chi connectivity index (χ4v) is 4.11. The average molecular weight is 399 g/mol. The van der Waals surface area contributed by atoms with Crippen LogP contribution < -0.4 is 5.32 Å². The first-order valence-corrected chi connectivity index (χ1v) is 11.2. The second kappa shape index (κ2) is 10.0. The molecule has 1 aliphatic heterocycles. The first kappa shape index (κ1) is 20.8. The summed E-state index contributed by atoms with van der Waals surface area (Å²) in [6.07, 6.45) is 5.73. The van der Waals surface area contributed by atoms with Gasteiger partial charge in [-0.1, -0.05) is 36.0 Å². The molecule has 1 aliphatic rings. The van der Waals surface area contributed by atoms with E-state index in [0.717, 1.165) is 34.2 Å². The fraction of sp³-hybridized carbons (Fsp3) is 0.500. The van der Waals surface area contributed by atoms with Crippen LogP contribution in [0, 0.1) is 13.8 Å². The normalized spacial score (nSPS) is 14.4. The van der Waals surface area contributed by atoms with Crippen molar-refractivity contribution in [1.29, 1.82) is 0 Å². The Labute approximate surface area is 172 Å². The molecule has 1 aromatic carbocycles. The van der Waals surface area contributed by atoms with Crippen molar-refractivity contribution in [3.05, 3.63) is 52.3 Å². The Bertz CT molecular complexity index is 778. The zero-order valence-electron chi connectivity index (χ0n) is 17.1. The van der Waals surface area contributed by atoms with E-state index in [0.29, 0.717) is 19.4 Å². The van der Waals surface area contributed by atoms with Gasteiger partial charge in [-0.15, -0.1) is 0 Å². The van der Waals surface area contributed by atoms with Crippen molar-refractivity contribution in [3.63, 3.8) is 0 Å². The molecule has 2 heterocycles. The van der Waals surface area contributed by atoms with E-state index in [-0.39, 0.29) is 5.91 Å². The summed E-state index contributed by atoms with van der Waals surface area (Å²) in [4.78, 5) is 23.7. The van der Waals surface area contributed by atoms with Crippen LogP contribution in [0.4, 0.5) is 0 Å². The number of aryl methyl sites for hydroxylation is 2. The molecule has 0 bridgehead atoms. The van der Waals surface area contributed by atoms with Crippen molar-refractivity contribution < 1.29 is 4.79 Å². The minimum atomic E-state index is 0.0638. The van der Waals surface area contributed by atoms with Gasteiger partial charge in [-0.05, 0) is 69.1 Å². The zero-order valence-corrected chi connectivity index (χ0v) is 17.9. The number of hydrogen-bond acceptors (Lipinski definition) is 5. The van der Waals surface area contributed by atoms with Crippen LogP contribution in [-0.4, -0.2) is 40.1 Å². The molecule has 3 rings (SSSR count). The summed E-state index contributed by atoms with van der Waals surface area (Å²) in [6, 6.07) is 8.60. The van der Waals surface area contributed by atoms with E-state index in [9.17, 15) is 4.79 Å². The van der Waals surface area contributed by atoms with Crippen LogP contribution in [0.1, 0.15) is 47.3 Å². The molecule has 0 saturated carbocycles. The van der Waals surface area contributed by atoms with E-state index in [1.165, 1.54) is 31.5 Å². The molecule has 1 amide bonds. The van der Waals surface area contributed by atoms with Gasteiger partial charge in [-0.3, -0.25) is 9.69 Å². The molecule has 28 heavy (non-hydrogen) atoms. The van der Waals surface area contributed by atoms with Gasteiger partial charge in [-0.25, -0.2) is 9.97 Å². The molecule has 1 aromatic heterocycles. The lowest BCUT2D eigenvalue weighted by Crippen LogP contribution is -2.23. The average Bonchev–Trinajstić information content (AvgIpc) is 3.19. The lowest BCUT2D eigenvalue weighted by molar-refractivity contribution is -0.121. The third-order valence-corrected chi connectivity index (χ3v) is 5.85. The molecule has 0 spiro atoms. The van der Waals surface area contributed by atoms with Crippen LogP contribution in [0.15, 0.2) is 29.4 Å². The molecule has 0 atom stereocenters. The summed E-state index contributed by atoms with van der Waals surface area (Å²) in [5.74, 6) is 0.0638. The lowest BCUT2D eigenvalue weighted by Gasteiger charge is -2.14. The van der Waals surface area contributed by atoms with Gasteiger partial charge in [-0.2, -0.15) is 0 Å². The third-order valence-electron chi connectivity index (χ3n) is 5.30. The van der Waals surface area contributed by atoms with Crippen LogP contribution in [0.3, 0.4) is 0 Å². The molecule has 0 radical (unpaired) electrons. The minimum absolute atomic E-state index is 0.0638. The molecule has 5 nitrogen and oxygen atoms in total. The number of nitrogens with one attached hydrogen (secondary N) is 1. The maximum Gasteiger partial charge on any atom is 0.220 e. The second-order valence-electron chi connectivity index (χ2n) is 7.44. The van der Waals surface area contributed by atoms with Crippen molar-refractivity contribution in [1.82, 2.24) is 20.2 Å². The van der Waals surface area contributed by atoms with Crippen LogP contribution in [0.2, 0.25) is 0 Å². The highest BCUT2D eigenvalue weighted by atomic mass is 32.2. The van der Waals surface area contributed by atoms with Gasteiger partial charge in [0.1, 0.15) is 0 Å². The Hall–Kier alpha value is -1.92. The Morgan fingerprint density at radius 1 is 1.07 bits per heavy atom. The molecule has 1 N–H and O–H groups in total. The number of benzene rings is 1. The second-order valence-corrected chi connectivity index (χ2v) is 8.21. The van der Waals surface area contributed by atoms with Gasteiger partial charge in [0.25, 0.3) is 0 Å². The Morgan fingerprint density at radius 3 is 2.29 bits per heavy atom. The summed E-state index contributed by atoms with van der Waals surface area (Å²) in [7, 11) is 0. The summed E-state index contributed by atoms with van der Waals surface area (Å²) < 4.78 is 0. The standard InChI is InChI=1S/C22H30N4OS/c1-16-20(17(2)25-22(24-16)28-3)10-11-21(27)23-14-18-6-8-19(9-7-18)15-26-12-4-5-13-26/h6-9H,4-5,10-15H2,1-3H3,(H,23,27). The highest BCUT2D eigenvalue weighted by molar-refractivity contribution is 7.98. The molecular formula is C22H30N4OS. The van der Waals surface area contributed by atoms with Crippen molar-refractivity contribution >= 4 is 17.7 Å². The summed E-state index contributed by atoms with van der Waals surface area (Å²) in [5.41, 5.74) is 5.51. The predicted octanol–water partition coefficient (Wildman–Crippen LogP) is 3.66. The van der Waals surface area contributed by atoms with Crippen molar-refractivity contribution in [2.24, 2.45) is 0 Å². The van der Waals surface area contributed by atoms with Crippen LogP contribution >= 0.6 is 11.8 Å². The van der Waals surface area contributed by atoms with E-state index < -0.39 is 0 Å². The van der Waals surface area contributed by atoms with E-state index >= 15 is 0 Å². The van der Waals surface area contributed by atoms with Gasteiger partial charge in [0.05, 0.1) is 0 Å². The third kappa shape index (κ3) is 5.79. The smallest absolute Gasteiger partial charge is 0.220 e. The topological polar surface area (TPSA) is 58.1 Å². The SMILES string of the molecule is CSc1nc(C)c(CCC(=O)NCc2ccc(CN3CCCC3)cc2)c(C)n1. The van der Waals surface area contributed by atoms with Gasteiger partial charge in [0, 0.05) is 30.9 Å². The molecule has 0 unspecified atom stereocenters. The monoisotopic (exact) mass is 398 g/mol. The van der Waals surface area contributed by atoms with Gasteiger partial charge >= 0.3 is 0 Å². The lowest BCUT2D eigenvalue weighted by atomic mass is 10.1. The predicted molar refractivity (Wildman–Crippen MR) is 114 cm³/mol. The number of rotatable bonds is 8. The quantitative estimate of drug-likeness (QED) is 0.543. The molecular weight excluding hydrogens is 368 g/mol. The molecule has 150 valence electrons. The first-order valence-electron chi connectivity index (χ1n) is 10.00. The number of aromatic nitrogens is 2. The number of hydrogen-bond donors (Lipinski definition) is 1. The summed E-state index contributed by atoms with van der Waals surface area (Å²) in [5, 5.41) is 3.82. The largest absolute Gasteiger partial charge is 0.352 e. The van der Waals surface area contributed by atoms with Crippen LogP contribution in [0.5, 0.6) is 0 Å². The van der Waals surface area contributed by atoms with E-state index in [2.05, 4.69) is 44.5 Å². The molecule has 1 saturated heterocycles. The maximum atomic E-state index is 12.3. The molecule has 1 fully saturated rings. The van der Waals surface area contributed by atoms with Crippen molar-refractivity contribution in [3.8, 4) is 0 Å². The Balaban J connectivity index is 1.45. The van der Waals surface area contributed by atoms with E-state index in [4.69, 9.17) is 0 Å². The highest BCUT2D eigenvalue weighted by Gasteiger charge is 2.12. The molecule has 6 heteroatoms. The minimum Gasteiger partial charge on any atom is -0.352 e. The van der Waals surface area contributed by atoms with Crippen molar-refractivity contribution in [2.75, 3.05) is 19.3 Å². The maximum absolute atomic E-state index is 12.3. The van der Waals surface area contributed by atoms with Gasteiger partial charge in [0.15, 0.2) is 5.16 Å². The number of nitrogens with zero attached hydrogens (tertiary/aromatic N) is 3. The van der Waals surface area contributed by atoms with Gasteiger partial charge < -0.3 is 5.32 Å². The number of carbonyl (C=O) groups excluding carboxylic acids is 1. The van der Waals surface area contributed by atoms with Crippen LogP contribution in [0.25, 0.3) is 0 Å². The van der Waals surface area contributed by atoms with Crippen LogP contribution in [-0.2, 0) is 24.3 Å². The summed E-state index contributed by atoms with van der Waals surface area (Å²) in [6.45, 7) is 8.01. The summed E-state index contributed by atoms with van der Waals surface area (Å²) >= 11 is 1.54. The Kier molecular flexibility index (Phi) is 7.45. The number of likely N-dealkylation sites (tertiary alicyclic amines) is 1. The molecule has 2 aromatic rings. The number of amides is 1. The molecule has 0 aliphatic carbocycles. The highest BCUT2D eigenvalue weighted by Crippen LogP contribution is 2.17.